The van der Waals surface area contributed by atoms with Gasteiger partial charge in [0.15, 0.2) is 0 Å². The van der Waals surface area contributed by atoms with E-state index in [2.05, 4.69) is 100 Å². The first kappa shape index (κ1) is 25.0. The highest BCUT2D eigenvalue weighted by atomic mass is 16.3. The molecule has 9 aromatic rings. The van der Waals surface area contributed by atoms with Crippen LogP contribution >= 0.6 is 0 Å². The second-order valence-corrected chi connectivity index (χ2v) is 12.9. The van der Waals surface area contributed by atoms with Gasteiger partial charge in [0.2, 0.25) is 0 Å². The minimum absolute atomic E-state index is 0.0192. The summed E-state index contributed by atoms with van der Waals surface area (Å²) in [5.41, 5.74) is 15.5. The summed E-state index contributed by atoms with van der Waals surface area (Å²) in [6.07, 6.45) is 0. The summed E-state index contributed by atoms with van der Waals surface area (Å²) in [5, 5.41) is 25.2. The van der Waals surface area contributed by atoms with Crippen molar-refractivity contribution < 1.29 is 10.2 Å². The van der Waals surface area contributed by atoms with Crippen molar-refractivity contribution >= 4 is 66.7 Å². The molecule has 2 N–H and O–H groups in total. The molecule has 2 aromatic heterocycles. The number of aromatic nitrogens is 2. The molecule has 0 bridgehead atoms. The zero-order valence-electron chi connectivity index (χ0n) is 25.1. The zero-order valence-corrected chi connectivity index (χ0v) is 25.1. The van der Waals surface area contributed by atoms with Crippen molar-refractivity contribution in [1.29, 1.82) is 0 Å². The maximum atomic E-state index is 10.1. The van der Waals surface area contributed by atoms with Crippen molar-refractivity contribution in [2.24, 2.45) is 0 Å². The molecule has 7 aromatic carbocycles. The van der Waals surface area contributed by atoms with Crippen LogP contribution in [-0.2, 0) is 0 Å². The lowest BCUT2D eigenvalue weighted by Crippen LogP contribution is -2.59. The average molecular weight is 600 g/mol. The van der Waals surface area contributed by atoms with Crippen LogP contribution in [0.1, 0.15) is 0 Å². The van der Waals surface area contributed by atoms with Crippen LogP contribution in [0.25, 0.3) is 77.2 Å². The predicted molar refractivity (Wildman–Crippen MR) is 194 cm³/mol. The molecular weight excluding hydrogens is 575 g/mol. The zero-order chi connectivity index (χ0) is 31.0. The fourth-order valence-corrected chi connectivity index (χ4v) is 8.54. The molecule has 2 aliphatic rings. The van der Waals surface area contributed by atoms with Crippen molar-refractivity contribution in [2.45, 2.75) is 0 Å². The van der Waals surface area contributed by atoms with Gasteiger partial charge in [-0.05, 0) is 93.2 Å². The van der Waals surface area contributed by atoms with Gasteiger partial charge in [0.1, 0.15) is 11.5 Å². The molecule has 0 radical (unpaired) electrons. The quantitative estimate of drug-likeness (QED) is 0.199. The molecular formula is C42H25BN2O2. The van der Waals surface area contributed by atoms with E-state index in [1.54, 1.807) is 24.3 Å². The van der Waals surface area contributed by atoms with E-state index in [0.29, 0.717) is 0 Å². The largest absolute Gasteiger partial charge is 0.508 e. The Balaban J connectivity index is 1.36. The Kier molecular flexibility index (Phi) is 4.66. The molecule has 218 valence electrons. The number of nitrogens with zero attached hydrogens (tertiary/aromatic N) is 2. The van der Waals surface area contributed by atoms with E-state index < -0.39 is 0 Å². The summed E-state index contributed by atoms with van der Waals surface area (Å²) in [7, 11) is 0. The van der Waals surface area contributed by atoms with Crippen LogP contribution in [0.15, 0.2) is 140 Å². The van der Waals surface area contributed by atoms with Crippen molar-refractivity contribution in [1.82, 2.24) is 9.13 Å². The van der Waals surface area contributed by atoms with Crippen molar-refractivity contribution in [3.05, 3.63) is 140 Å². The van der Waals surface area contributed by atoms with Gasteiger partial charge in [0.05, 0.1) is 11.0 Å². The first-order valence-corrected chi connectivity index (χ1v) is 16.0. The Morgan fingerprint density at radius 2 is 0.915 bits per heavy atom. The average Bonchev–Trinajstić information content (AvgIpc) is 3.63. The third kappa shape index (κ3) is 3.18. The van der Waals surface area contributed by atoms with Crippen LogP contribution in [0.3, 0.4) is 0 Å². The number of para-hydroxylation sites is 3. The highest BCUT2D eigenvalue weighted by Crippen LogP contribution is 2.41. The van der Waals surface area contributed by atoms with E-state index in [9.17, 15) is 10.2 Å². The van der Waals surface area contributed by atoms with E-state index in [4.69, 9.17) is 0 Å². The lowest BCUT2D eigenvalue weighted by atomic mass is 9.34. The molecule has 4 nitrogen and oxygen atoms in total. The maximum absolute atomic E-state index is 10.1. The molecule has 0 saturated heterocycles. The van der Waals surface area contributed by atoms with Crippen LogP contribution < -0.4 is 16.4 Å². The lowest BCUT2D eigenvalue weighted by Gasteiger charge is -2.34. The first-order valence-electron chi connectivity index (χ1n) is 16.0. The molecule has 0 atom stereocenters. The fraction of sp³-hybridized carbons (Fsp3) is 0. The number of fused-ring (bicyclic) bond motifs is 10. The Morgan fingerprint density at radius 3 is 1.53 bits per heavy atom. The normalized spacial score (nSPS) is 12.8. The van der Waals surface area contributed by atoms with Gasteiger partial charge in [-0.25, -0.2) is 0 Å². The van der Waals surface area contributed by atoms with Crippen LogP contribution in [-0.4, -0.2) is 26.1 Å². The van der Waals surface area contributed by atoms with Crippen molar-refractivity contribution in [2.75, 3.05) is 0 Å². The van der Waals surface area contributed by atoms with E-state index in [1.165, 1.54) is 71.4 Å². The van der Waals surface area contributed by atoms with E-state index >= 15 is 0 Å². The highest BCUT2D eigenvalue weighted by Gasteiger charge is 2.41. The van der Waals surface area contributed by atoms with Crippen LogP contribution in [0.4, 0.5) is 0 Å². The summed E-state index contributed by atoms with van der Waals surface area (Å²) < 4.78 is 4.97. The third-order valence-electron chi connectivity index (χ3n) is 10.5. The number of hydrogen-bond acceptors (Lipinski definition) is 2. The second kappa shape index (κ2) is 8.74. The summed E-state index contributed by atoms with van der Waals surface area (Å²) in [6, 6.07) is 48.8. The van der Waals surface area contributed by atoms with Gasteiger partial charge in [0.25, 0.3) is 6.71 Å². The maximum Gasteiger partial charge on any atom is 0.252 e. The van der Waals surface area contributed by atoms with Crippen LogP contribution in [0.2, 0.25) is 0 Å². The molecule has 5 heteroatoms. The lowest BCUT2D eigenvalue weighted by molar-refractivity contribution is 0.475. The standard InChI is InChI=1S/C42H25BN2O2/c46-28-16-12-24(13-17-28)26-20-33-31-7-2-4-11-37(31)45-39-23-27(25-14-18-29(47)19-15-25)22-38-40(39)43(35(21-26)42(33)45)34-9-5-8-32-30-6-1-3-10-36(30)44(38)41(32)34/h1-23,46-47H. The van der Waals surface area contributed by atoms with Gasteiger partial charge >= 0.3 is 0 Å². The van der Waals surface area contributed by atoms with E-state index in [1.807, 2.05) is 24.3 Å². The number of phenolic OH excluding ortho intramolecular Hbond substituents is 2. The summed E-state index contributed by atoms with van der Waals surface area (Å²) in [6.45, 7) is 0.0192. The van der Waals surface area contributed by atoms with Crippen LogP contribution in [0.5, 0.6) is 11.5 Å². The van der Waals surface area contributed by atoms with Crippen LogP contribution in [0, 0.1) is 0 Å². The van der Waals surface area contributed by atoms with Gasteiger partial charge in [-0.15, -0.1) is 0 Å². The predicted octanol–water partition coefficient (Wildman–Crippen LogP) is 7.77. The summed E-state index contributed by atoms with van der Waals surface area (Å²) in [5.74, 6) is 0.527. The Hall–Kier alpha value is -6.20. The molecule has 0 spiro atoms. The molecule has 11 rings (SSSR count). The van der Waals surface area contributed by atoms with Gasteiger partial charge < -0.3 is 19.3 Å². The summed E-state index contributed by atoms with van der Waals surface area (Å²) in [4.78, 5) is 0. The number of phenols is 2. The topological polar surface area (TPSA) is 50.3 Å². The molecule has 4 heterocycles. The van der Waals surface area contributed by atoms with Gasteiger partial charge in [-0.1, -0.05) is 84.9 Å². The molecule has 2 aliphatic heterocycles. The van der Waals surface area contributed by atoms with Gasteiger partial charge in [-0.3, -0.25) is 0 Å². The fourth-order valence-electron chi connectivity index (χ4n) is 8.54. The Morgan fingerprint density at radius 1 is 0.404 bits per heavy atom. The monoisotopic (exact) mass is 600 g/mol. The number of benzene rings is 7. The molecule has 0 aliphatic carbocycles. The van der Waals surface area contributed by atoms with Gasteiger partial charge in [-0.2, -0.15) is 0 Å². The minimum Gasteiger partial charge on any atom is -0.508 e. The molecule has 0 saturated carbocycles. The molecule has 47 heavy (non-hydrogen) atoms. The molecule has 0 amide bonds. The first-order chi connectivity index (χ1) is 23.1. The highest BCUT2D eigenvalue weighted by molar-refractivity contribution is 7.00. The number of aromatic hydroxyl groups is 2. The van der Waals surface area contributed by atoms with Crippen molar-refractivity contribution in [3.63, 3.8) is 0 Å². The molecule has 0 unspecified atom stereocenters. The number of rotatable bonds is 2. The third-order valence-corrected chi connectivity index (χ3v) is 10.5. The minimum atomic E-state index is 0.0192. The SMILES string of the molecule is Oc1ccc(-c2cc3c4c(c2)-n2c5ccccc5c5cc(-c6ccc(O)cc6)cc(c52)B4c2cccc4c5ccccc5n-3c24)cc1. The molecule has 0 fully saturated rings. The summed E-state index contributed by atoms with van der Waals surface area (Å²) >= 11 is 0. The Labute approximate surface area is 270 Å². The number of hydrogen-bond donors (Lipinski definition) is 2. The van der Waals surface area contributed by atoms with E-state index in [0.717, 1.165) is 22.3 Å². The van der Waals surface area contributed by atoms with Gasteiger partial charge in [0, 0.05) is 44.0 Å². The van der Waals surface area contributed by atoms with Crippen molar-refractivity contribution in [3.8, 4) is 45.1 Å². The Bertz CT molecular complexity index is 2810. The smallest absolute Gasteiger partial charge is 0.252 e. The van der Waals surface area contributed by atoms with E-state index in [-0.39, 0.29) is 18.2 Å². The second-order valence-electron chi connectivity index (χ2n) is 12.9.